The fourth-order valence-electron chi connectivity index (χ4n) is 4.07. The molecule has 1 aromatic heterocycles. The van der Waals surface area contributed by atoms with Gasteiger partial charge in [-0.2, -0.15) is 4.31 Å². The minimum Gasteiger partial charge on any atom is -0.326 e. The Kier molecular flexibility index (Phi) is 5.76. The molecule has 0 bridgehead atoms. The molecule has 31 heavy (non-hydrogen) atoms. The lowest BCUT2D eigenvalue weighted by molar-refractivity contribution is -0.120. The van der Waals surface area contributed by atoms with Crippen molar-refractivity contribution in [3.05, 3.63) is 57.2 Å². The number of hydrogen-bond acceptors (Lipinski definition) is 5. The predicted molar refractivity (Wildman–Crippen MR) is 123 cm³/mol. The lowest BCUT2D eigenvalue weighted by Crippen LogP contribution is -2.41. The van der Waals surface area contributed by atoms with Crippen molar-refractivity contribution in [1.29, 1.82) is 0 Å². The Bertz CT molecular complexity index is 1300. The molecule has 2 aromatic carbocycles. The van der Waals surface area contributed by atoms with Crippen molar-refractivity contribution in [3.63, 3.8) is 0 Å². The van der Waals surface area contributed by atoms with Crippen molar-refractivity contribution in [1.82, 2.24) is 8.87 Å². The van der Waals surface area contributed by atoms with Gasteiger partial charge in [0.05, 0.1) is 15.1 Å². The van der Waals surface area contributed by atoms with Crippen molar-refractivity contribution in [3.8, 4) is 0 Å². The van der Waals surface area contributed by atoms with Crippen LogP contribution in [0.3, 0.4) is 0 Å². The molecule has 1 N–H and O–H groups in total. The van der Waals surface area contributed by atoms with E-state index in [0.717, 1.165) is 33.7 Å². The summed E-state index contributed by atoms with van der Waals surface area (Å²) < 4.78 is 29.8. The van der Waals surface area contributed by atoms with Crippen LogP contribution in [0, 0.1) is 19.8 Å². The summed E-state index contributed by atoms with van der Waals surface area (Å²) in [5, 5.41) is 2.97. The van der Waals surface area contributed by atoms with Gasteiger partial charge in [0.25, 0.3) is 0 Å². The van der Waals surface area contributed by atoms with E-state index < -0.39 is 10.0 Å². The number of piperidine rings is 1. The van der Waals surface area contributed by atoms with Crippen molar-refractivity contribution in [2.45, 2.75) is 31.6 Å². The maximum absolute atomic E-state index is 13.1. The Morgan fingerprint density at radius 2 is 1.71 bits per heavy atom. The molecule has 0 radical (unpaired) electrons. The number of carbonyl (C=O) groups excluding carboxylic acids is 1. The van der Waals surface area contributed by atoms with Crippen LogP contribution >= 0.6 is 11.3 Å². The molecule has 164 valence electrons. The standard InChI is InChI=1S/C22H25N3O4S2/c1-14-10-15(2)12-17(11-14)23-21(26)16-6-8-25(9-7-16)31(28,29)18-4-5-19-20(13-18)30-22(27)24(19)3/h4-5,10-13,16H,6-9H2,1-3H3,(H,23,26). The minimum absolute atomic E-state index is 0.0717. The van der Waals surface area contributed by atoms with Crippen LogP contribution in [0.2, 0.25) is 0 Å². The molecule has 0 spiro atoms. The van der Waals surface area contributed by atoms with Gasteiger partial charge < -0.3 is 9.88 Å². The first-order chi connectivity index (χ1) is 14.6. The molecule has 9 heteroatoms. The van der Waals surface area contributed by atoms with E-state index >= 15 is 0 Å². The van der Waals surface area contributed by atoms with Crippen molar-refractivity contribution in [2.75, 3.05) is 18.4 Å². The summed E-state index contributed by atoms with van der Waals surface area (Å²) in [6, 6.07) is 10.7. The molecular weight excluding hydrogens is 434 g/mol. The number of amides is 1. The number of thiazole rings is 1. The topological polar surface area (TPSA) is 88.5 Å². The number of benzene rings is 2. The van der Waals surface area contributed by atoms with Gasteiger partial charge in [-0.15, -0.1) is 0 Å². The first-order valence-corrected chi connectivity index (χ1v) is 12.4. The molecule has 1 aliphatic rings. The molecule has 1 amide bonds. The normalized spacial score (nSPS) is 16.0. The van der Waals surface area contributed by atoms with Crippen LogP contribution < -0.4 is 10.2 Å². The molecule has 2 heterocycles. The monoisotopic (exact) mass is 459 g/mol. The van der Waals surface area contributed by atoms with Crippen LogP contribution in [0.25, 0.3) is 10.2 Å². The summed E-state index contributed by atoms with van der Waals surface area (Å²) in [7, 11) is -2.01. The van der Waals surface area contributed by atoms with Gasteiger partial charge in [-0.3, -0.25) is 9.59 Å². The zero-order valence-corrected chi connectivity index (χ0v) is 19.3. The molecule has 3 aromatic rings. The van der Waals surface area contributed by atoms with Gasteiger partial charge in [-0.1, -0.05) is 17.4 Å². The van der Waals surface area contributed by atoms with Crippen LogP contribution in [0.4, 0.5) is 5.69 Å². The summed E-state index contributed by atoms with van der Waals surface area (Å²) >= 11 is 1.03. The van der Waals surface area contributed by atoms with Crippen LogP contribution in [0.1, 0.15) is 24.0 Å². The number of rotatable bonds is 4. The molecule has 0 unspecified atom stereocenters. The van der Waals surface area contributed by atoms with Crippen LogP contribution in [0.5, 0.6) is 0 Å². The highest BCUT2D eigenvalue weighted by molar-refractivity contribution is 7.89. The Morgan fingerprint density at radius 3 is 2.35 bits per heavy atom. The van der Waals surface area contributed by atoms with Crippen LogP contribution in [0.15, 0.2) is 46.1 Å². The average Bonchev–Trinajstić information content (AvgIpc) is 3.00. The van der Waals surface area contributed by atoms with Crippen molar-refractivity contribution < 1.29 is 13.2 Å². The van der Waals surface area contributed by atoms with Crippen molar-refractivity contribution in [2.24, 2.45) is 13.0 Å². The van der Waals surface area contributed by atoms with Gasteiger partial charge in [-0.05, 0) is 68.1 Å². The lowest BCUT2D eigenvalue weighted by Gasteiger charge is -2.30. The molecular formula is C22H25N3O4S2. The lowest BCUT2D eigenvalue weighted by atomic mass is 9.97. The Hall–Kier alpha value is -2.49. The summed E-state index contributed by atoms with van der Waals surface area (Å²) in [5.74, 6) is -0.299. The molecule has 0 saturated carbocycles. The minimum atomic E-state index is -3.68. The molecule has 7 nitrogen and oxygen atoms in total. The number of sulfonamides is 1. The number of fused-ring (bicyclic) bond motifs is 1. The van der Waals surface area contributed by atoms with Gasteiger partial charge in [0.15, 0.2) is 0 Å². The average molecular weight is 460 g/mol. The number of nitrogens with zero attached hydrogens (tertiary/aromatic N) is 2. The maximum Gasteiger partial charge on any atom is 0.307 e. The number of aromatic nitrogens is 1. The molecule has 4 rings (SSSR count). The second-order valence-corrected chi connectivity index (χ2v) is 11.0. The van der Waals surface area contributed by atoms with E-state index in [0.29, 0.717) is 17.5 Å². The highest BCUT2D eigenvalue weighted by Gasteiger charge is 2.32. The number of nitrogens with one attached hydrogen (secondary N) is 1. The molecule has 0 atom stereocenters. The smallest absolute Gasteiger partial charge is 0.307 e. The summed E-state index contributed by atoms with van der Waals surface area (Å²) in [4.78, 5) is 24.6. The Labute approximate surface area is 185 Å². The number of carbonyl (C=O) groups is 1. The van der Waals surface area contributed by atoms with Crippen molar-refractivity contribution >= 4 is 43.2 Å². The van der Waals surface area contributed by atoms with E-state index in [9.17, 15) is 18.0 Å². The summed E-state index contributed by atoms with van der Waals surface area (Å²) in [6.45, 7) is 4.54. The first kappa shape index (κ1) is 21.7. The third-order valence-corrected chi connectivity index (χ3v) is 8.61. The summed E-state index contributed by atoms with van der Waals surface area (Å²) in [6.07, 6.45) is 0.938. The fourth-order valence-corrected chi connectivity index (χ4v) is 6.56. The van der Waals surface area contributed by atoms with E-state index in [-0.39, 0.29) is 34.7 Å². The van der Waals surface area contributed by atoms with Gasteiger partial charge in [0, 0.05) is 31.7 Å². The zero-order valence-electron chi connectivity index (χ0n) is 17.7. The number of hydrogen-bond donors (Lipinski definition) is 1. The maximum atomic E-state index is 13.1. The second kappa shape index (κ2) is 8.22. The quantitative estimate of drug-likeness (QED) is 0.649. The molecule has 0 aliphatic carbocycles. The second-order valence-electron chi connectivity index (χ2n) is 8.10. The highest BCUT2D eigenvalue weighted by atomic mass is 32.2. The third-order valence-electron chi connectivity index (χ3n) is 5.72. The van der Waals surface area contributed by atoms with E-state index in [4.69, 9.17) is 0 Å². The van der Waals surface area contributed by atoms with Gasteiger partial charge >= 0.3 is 4.87 Å². The van der Waals surface area contributed by atoms with Gasteiger partial charge in [-0.25, -0.2) is 8.42 Å². The Balaban J connectivity index is 1.45. The highest BCUT2D eigenvalue weighted by Crippen LogP contribution is 2.28. The Morgan fingerprint density at radius 1 is 1.06 bits per heavy atom. The van der Waals surface area contributed by atoms with E-state index in [1.165, 1.54) is 8.87 Å². The SMILES string of the molecule is Cc1cc(C)cc(NC(=O)C2CCN(S(=O)(=O)c3ccc4c(c3)sc(=O)n4C)CC2)c1. The van der Waals surface area contributed by atoms with Gasteiger partial charge in [0.2, 0.25) is 15.9 Å². The molecule has 1 aliphatic heterocycles. The van der Waals surface area contributed by atoms with Crippen LogP contribution in [-0.2, 0) is 21.9 Å². The third kappa shape index (κ3) is 4.30. The fraction of sp³-hybridized carbons (Fsp3) is 0.364. The van der Waals surface area contributed by atoms with Gasteiger partial charge in [0.1, 0.15) is 0 Å². The first-order valence-electron chi connectivity index (χ1n) is 10.1. The zero-order chi connectivity index (χ0) is 22.3. The molecule has 1 fully saturated rings. The summed E-state index contributed by atoms with van der Waals surface area (Å²) in [5.41, 5.74) is 3.65. The van der Waals surface area contributed by atoms with Crippen LogP contribution in [-0.4, -0.2) is 36.3 Å². The van der Waals surface area contributed by atoms with E-state index in [1.54, 1.807) is 25.2 Å². The van der Waals surface area contributed by atoms with E-state index in [1.807, 2.05) is 32.0 Å². The predicted octanol–water partition coefficient (Wildman–Crippen LogP) is 3.26. The number of anilines is 1. The van der Waals surface area contributed by atoms with E-state index in [2.05, 4.69) is 5.32 Å². The largest absolute Gasteiger partial charge is 0.326 e. The number of aryl methyl sites for hydroxylation is 3. The molecule has 1 saturated heterocycles.